The Morgan fingerprint density at radius 3 is 2.63 bits per heavy atom. The molecule has 0 saturated heterocycles. The molecule has 1 amide bonds. The van der Waals surface area contributed by atoms with Gasteiger partial charge in [0.2, 0.25) is 0 Å². The van der Waals surface area contributed by atoms with Gasteiger partial charge in [0.25, 0.3) is 5.91 Å². The number of benzene rings is 2. The minimum absolute atomic E-state index is 0.290. The number of carbonyl (C=O) groups excluding carboxylic acids is 2. The SMILES string of the molecule is Cc1ccc(C(=O)N/N=C\c2cc(Br)cc(Br)c2OC(=O)c2ccccc2I)cn1. The molecule has 0 radical (unpaired) electrons. The molecular weight excluding hydrogens is 629 g/mol. The van der Waals surface area contributed by atoms with Crippen LogP contribution in [-0.4, -0.2) is 23.1 Å². The molecule has 2 aromatic carbocycles. The third kappa shape index (κ3) is 5.73. The summed E-state index contributed by atoms with van der Waals surface area (Å²) in [7, 11) is 0. The van der Waals surface area contributed by atoms with Crippen molar-refractivity contribution >= 4 is 72.5 Å². The summed E-state index contributed by atoms with van der Waals surface area (Å²) in [6, 6.07) is 14.0. The number of rotatable bonds is 5. The highest BCUT2D eigenvalue weighted by molar-refractivity contribution is 14.1. The highest BCUT2D eigenvalue weighted by atomic mass is 127. The Hall–Kier alpha value is -2.11. The predicted octanol–water partition coefficient (Wildman–Crippen LogP) is 5.50. The zero-order valence-corrected chi connectivity index (χ0v) is 20.9. The zero-order valence-electron chi connectivity index (χ0n) is 15.5. The number of halogens is 3. The second-order valence-electron chi connectivity index (χ2n) is 6.06. The van der Waals surface area contributed by atoms with E-state index in [1.807, 2.05) is 19.1 Å². The van der Waals surface area contributed by atoms with Crippen molar-refractivity contribution in [1.29, 1.82) is 0 Å². The number of ether oxygens (including phenoxy) is 1. The van der Waals surface area contributed by atoms with Crippen LogP contribution < -0.4 is 10.2 Å². The largest absolute Gasteiger partial charge is 0.421 e. The lowest BCUT2D eigenvalue weighted by Gasteiger charge is -2.11. The first kappa shape index (κ1) is 22.6. The topological polar surface area (TPSA) is 80.6 Å². The summed E-state index contributed by atoms with van der Waals surface area (Å²) in [4.78, 5) is 28.9. The Morgan fingerprint density at radius 2 is 1.93 bits per heavy atom. The third-order valence-electron chi connectivity index (χ3n) is 3.87. The van der Waals surface area contributed by atoms with Crippen LogP contribution in [0.2, 0.25) is 0 Å². The number of carbonyl (C=O) groups is 2. The van der Waals surface area contributed by atoms with E-state index in [0.717, 1.165) is 13.7 Å². The maximum Gasteiger partial charge on any atom is 0.344 e. The average Bonchev–Trinajstić information content (AvgIpc) is 2.71. The molecule has 9 heteroatoms. The van der Waals surface area contributed by atoms with Crippen molar-refractivity contribution in [2.75, 3.05) is 0 Å². The van der Waals surface area contributed by atoms with Gasteiger partial charge in [-0.25, -0.2) is 10.2 Å². The number of aryl methyl sites for hydroxylation is 1. The van der Waals surface area contributed by atoms with Crippen molar-refractivity contribution in [1.82, 2.24) is 10.4 Å². The summed E-state index contributed by atoms with van der Waals surface area (Å²) >= 11 is 8.90. The van der Waals surface area contributed by atoms with Gasteiger partial charge >= 0.3 is 5.97 Å². The number of nitrogens with one attached hydrogen (secondary N) is 1. The van der Waals surface area contributed by atoms with Crippen LogP contribution in [0.15, 0.2) is 68.8 Å². The smallest absolute Gasteiger partial charge is 0.344 e. The molecule has 0 aliphatic heterocycles. The van der Waals surface area contributed by atoms with Gasteiger partial charge in [-0.15, -0.1) is 0 Å². The number of hydrazone groups is 1. The normalized spacial score (nSPS) is 10.8. The van der Waals surface area contributed by atoms with E-state index in [4.69, 9.17) is 4.74 Å². The first-order valence-corrected chi connectivity index (χ1v) is 11.2. The first-order chi connectivity index (χ1) is 14.3. The fraction of sp³-hybridized carbons (Fsp3) is 0.0476. The van der Waals surface area contributed by atoms with Crippen LogP contribution in [0.1, 0.15) is 32.0 Å². The van der Waals surface area contributed by atoms with Gasteiger partial charge in [-0.2, -0.15) is 5.10 Å². The standard InChI is InChI=1S/C21H14Br2IN3O3/c1-12-6-7-13(10-25-12)20(28)27-26-11-14-8-15(22)9-17(23)19(14)30-21(29)16-4-2-3-5-18(16)24/h2-11H,1H3,(H,27,28)/b26-11-. The Labute approximate surface area is 203 Å². The van der Waals surface area contributed by atoms with E-state index in [-0.39, 0.29) is 5.75 Å². The quantitative estimate of drug-likeness (QED) is 0.131. The number of aromatic nitrogens is 1. The van der Waals surface area contributed by atoms with Crippen LogP contribution in [0.3, 0.4) is 0 Å². The Kier molecular flexibility index (Phi) is 7.73. The minimum atomic E-state index is -0.493. The lowest BCUT2D eigenvalue weighted by atomic mass is 10.2. The van der Waals surface area contributed by atoms with Crippen LogP contribution in [-0.2, 0) is 0 Å². The highest BCUT2D eigenvalue weighted by Gasteiger charge is 2.17. The molecule has 0 atom stereocenters. The maximum atomic E-state index is 12.6. The van der Waals surface area contributed by atoms with E-state index in [2.05, 4.69) is 70.0 Å². The molecule has 30 heavy (non-hydrogen) atoms. The summed E-state index contributed by atoms with van der Waals surface area (Å²) in [5.41, 5.74) is 4.60. The van der Waals surface area contributed by atoms with E-state index in [9.17, 15) is 9.59 Å². The Morgan fingerprint density at radius 1 is 1.17 bits per heavy atom. The molecule has 6 nitrogen and oxygen atoms in total. The summed E-state index contributed by atoms with van der Waals surface area (Å²) in [5.74, 6) is -0.601. The minimum Gasteiger partial charge on any atom is -0.421 e. The third-order valence-corrected chi connectivity index (χ3v) is 5.86. The molecular formula is C21H14Br2IN3O3. The maximum absolute atomic E-state index is 12.6. The van der Waals surface area contributed by atoms with E-state index in [1.165, 1.54) is 12.4 Å². The highest BCUT2D eigenvalue weighted by Crippen LogP contribution is 2.33. The van der Waals surface area contributed by atoms with Gasteiger partial charge in [-0.05, 0) is 81.8 Å². The van der Waals surface area contributed by atoms with Crippen molar-refractivity contribution in [3.05, 3.63) is 89.6 Å². The van der Waals surface area contributed by atoms with Crippen molar-refractivity contribution in [3.8, 4) is 5.75 Å². The molecule has 1 aromatic heterocycles. The molecule has 0 bridgehead atoms. The van der Waals surface area contributed by atoms with E-state index < -0.39 is 11.9 Å². The van der Waals surface area contributed by atoms with Crippen LogP contribution in [0.25, 0.3) is 0 Å². The number of amides is 1. The zero-order chi connectivity index (χ0) is 21.7. The molecule has 1 heterocycles. The monoisotopic (exact) mass is 641 g/mol. The van der Waals surface area contributed by atoms with Gasteiger partial charge in [0.1, 0.15) is 0 Å². The van der Waals surface area contributed by atoms with Crippen LogP contribution in [0, 0.1) is 10.5 Å². The van der Waals surface area contributed by atoms with Gasteiger partial charge in [-0.1, -0.05) is 28.1 Å². The van der Waals surface area contributed by atoms with Gasteiger partial charge in [0.15, 0.2) is 5.75 Å². The molecule has 0 aliphatic carbocycles. The predicted molar refractivity (Wildman–Crippen MR) is 130 cm³/mol. The molecule has 0 spiro atoms. The van der Waals surface area contributed by atoms with Gasteiger partial charge < -0.3 is 4.74 Å². The van der Waals surface area contributed by atoms with E-state index >= 15 is 0 Å². The lowest BCUT2D eigenvalue weighted by molar-refractivity contribution is 0.0731. The number of esters is 1. The van der Waals surface area contributed by atoms with Gasteiger partial charge in [0, 0.05) is 25.5 Å². The summed E-state index contributed by atoms with van der Waals surface area (Å²) in [6.07, 6.45) is 2.89. The number of nitrogens with zero attached hydrogens (tertiary/aromatic N) is 2. The Bertz CT molecular complexity index is 1130. The van der Waals surface area contributed by atoms with Crippen molar-refractivity contribution in [3.63, 3.8) is 0 Å². The van der Waals surface area contributed by atoms with E-state index in [1.54, 1.807) is 36.4 Å². The fourth-order valence-corrected chi connectivity index (χ4v) is 4.33. The Balaban J connectivity index is 1.81. The second kappa shape index (κ2) is 10.3. The number of pyridine rings is 1. The number of hydrogen-bond donors (Lipinski definition) is 1. The summed E-state index contributed by atoms with van der Waals surface area (Å²) in [6.45, 7) is 1.84. The van der Waals surface area contributed by atoms with E-state index in [0.29, 0.717) is 21.2 Å². The number of hydrogen-bond acceptors (Lipinski definition) is 5. The van der Waals surface area contributed by atoms with Gasteiger partial charge in [0.05, 0.1) is 21.8 Å². The molecule has 1 N–H and O–H groups in total. The van der Waals surface area contributed by atoms with Crippen LogP contribution in [0.5, 0.6) is 5.75 Å². The molecule has 0 saturated carbocycles. The van der Waals surface area contributed by atoms with Crippen molar-refractivity contribution in [2.45, 2.75) is 6.92 Å². The molecule has 3 rings (SSSR count). The fourth-order valence-electron chi connectivity index (χ4n) is 2.39. The van der Waals surface area contributed by atoms with Crippen LogP contribution in [0.4, 0.5) is 0 Å². The lowest BCUT2D eigenvalue weighted by Crippen LogP contribution is -2.18. The first-order valence-electron chi connectivity index (χ1n) is 8.57. The van der Waals surface area contributed by atoms with Crippen molar-refractivity contribution in [2.24, 2.45) is 5.10 Å². The van der Waals surface area contributed by atoms with Crippen LogP contribution >= 0.6 is 54.5 Å². The molecule has 0 unspecified atom stereocenters. The van der Waals surface area contributed by atoms with Crippen molar-refractivity contribution < 1.29 is 14.3 Å². The summed E-state index contributed by atoms with van der Waals surface area (Å²) < 4.78 is 7.72. The van der Waals surface area contributed by atoms with Gasteiger partial charge in [-0.3, -0.25) is 9.78 Å². The molecule has 3 aromatic rings. The molecule has 0 aliphatic rings. The second-order valence-corrected chi connectivity index (χ2v) is 8.99. The summed E-state index contributed by atoms with van der Waals surface area (Å²) in [5, 5.41) is 3.99. The average molecular weight is 643 g/mol. The molecule has 152 valence electrons. The molecule has 0 fully saturated rings.